The standard InChI is InChI=1S/C7H14Cl/c1-6(2)4-5-7(3)8/h7H,4-5H2,1-3H3/q+1. The van der Waals surface area contributed by atoms with Gasteiger partial charge in [-0.1, -0.05) is 0 Å². The van der Waals surface area contributed by atoms with Crippen LogP contribution in [0.25, 0.3) is 0 Å². The molecule has 0 aliphatic carbocycles. The molecule has 0 heterocycles. The number of hydrogen-bond acceptors (Lipinski definition) is 0. The maximum atomic E-state index is 5.71. The molecule has 0 radical (unpaired) electrons. The Morgan fingerprint density at radius 2 is 2.00 bits per heavy atom. The smallest absolute Gasteiger partial charge is 0.0908 e. The van der Waals surface area contributed by atoms with E-state index < -0.39 is 0 Å². The van der Waals surface area contributed by atoms with Gasteiger partial charge in [0.15, 0.2) is 0 Å². The van der Waals surface area contributed by atoms with Crippen molar-refractivity contribution in [2.75, 3.05) is 0 Å². The minimum atomic E-state index is 0.338. The van der Waals surface area contributed by atoms with Gasteiger partial charge in [0.05, 0.1) is 26.2 Å². The van der Waals surface area contributed by atoms with E-state index in [-0.39, 0.29) is 0 Å². The van der Waals surface area contributed by atoms with Gasteiger partial charge >= 0.3 is 0 Å². The fourth-order valence-corrected chi connectivity index (χ4v) is 0.597. The van der Waals surface area contributed by atoms with E-state index in [9.17, 15) is 0 Å². The van der Waals surface area contributed by atoms with E-state index in [1.54, 1.807) is 0 Å². The minimum Gasteiger partial charge on any atom is -0.123 e. The quantitative estimate of drug-likeness (QED) is 0.410. The zero-order valence-corrected chi connectivity index (χ0v) is 6.63. The van der Waals surface area contributed by atoms with Crippen molar-refractivity contribution in [3.05, 3.63) is 5.92 Å². The topological polar surface area (TPSA) is 0 Å². The molecule has 8 heavy (non-hydrogen) atoms. The first-order valence-corrected chi connectivity index (χ1v) is 3.49. The van der Waals surface area contributed by atoms with Gasteiger partial charge in [-0.2, -0.15) is 0 Å². The summed E-state index contributed by atoms with van der Waals surface area (Å²) in [5, 5.41) is 0.338. The molecule has 0 aromatic carbocycles. The van der Waals surface area contributed by atoms with Crippen LogP contribution < -0.4 is 0 Å². The van der Waals surface area contributed by atoms with E-state index in [0.29, 0.717) is 5.38 Å². The molecule has 0 spiro atoms. The van der Waals surface area contributed by atoms with E-state index in [1.807, 2.05) is 6.92 Å². The van der Waals surface area contributed by atoms with Crippen LogP contribution in [-0.4, -0.2) is 5.38 Å². The van der Waals surface area contributed by atoms with Gasteiger partial charge in [0.2, 0.25) is 0 Å². The van der Waals surface area contributed by atoms with Crippen molar-refractivity contribution in [3.63, 3.8) is 0 Å². The lowest BCUT2D eigenvalue weighted by atomic mass is 10.1. The lowest BCUT2D eigenvalue weighted by molar-refractivity contribution is 0.735. The summed E-state index contributed by atoms with van der Waals surface area (Å²) in [6, 6.07) is 0. The second kappa shape index (κ2) is 4.08. The highest BCUT2D eigenvalue weighted by atomic mass is 35.5. The Balaban J connectivity index is 2.93. The summed E-state index contributed by atoms with van der Waals surface area (Å²) in [5.41, 5.74) is 0. The van der Waals surface area contributed by atoms with Crippen LogP contribution in [0.4, 0.5) is 0 Å². The summed E-state index contributed by atoms with van der Waals surface area (Å²) in [7, 11) is 0. The Bertz CT molecular complexity index is 40.3. The van der Waals surface area contributed by atoms with Crippen LogP contribution in [-0.2, 0) is 0 Å². The van der Waals surface area contributed by atoms with Gasteiger partial charge in [0, 0.05) is 11.8 Å². The SMILES string of the molecule is C[C+](C)CCC(C)Cl. The third-order valence-corrected chi connectivity index (χ3v) is 1.26. The van der Waals surface area contributed by atoms with Gasteiger partial charge in [-0.05, 0) is 6.92 Å². The summed E-state index contributed by atoms with van der Waals surface area (Å²) < 4.78 is 0. The Hall–Kier alpha value is 0.160. The number of halogens is 1. The molecule has 0 N–H and O–H groups in total. The first-order valence-electron chi connectivity index (χ1n) is 3.06. The van der Waals surface area contributed by atoms with Gasteiger partial charge in [-0.25, -0.2) is 0 Å². The average Bonchev–Trinajstić information content (AvgIpc) is 1.61. The molecule has 0 rings (SSSR count). The van der Waals surface area contributed by atoms with Crippen molar-refractivity contribution in [1.82, 2.24) is 0 Å². The Kier molecular flexibility index (Phi) is 4.16. The molecular formula is C7H14Cl+. The van der Waals surface area contributed by atoms with E-state index in [2.05, 4.69) is 13.8 Å². The summed E-state index contributed by atoms with van der Waals surface area (Å²) >= 11 is 5.71. The summed E-state index contributed by atoms with van der Waals surface area (Å²) in [6.45, 7) is 6.31. The first-order chi connectivity index (χ1) is 3.63. The summed E-state index contributed by atoms with van der Waals surface area (Å²) in [5.74, 6) is 1.47. The van der Waals surface area contributed by atoms with Crippen LogP contribution in [0.5, 0.6) is 0 Å². The molecule has 0 amide bonds. The molecule has 1 atom stereocenters. The zero-order chi connectivity index (χ0) is 6.57. The van der Waals surface area contributed by atoms with E-state index in [1.165, 1.54) is 12.3 Å². The fraction of sp³-hybridized carbons (Fsp3) is 0.857. The molecule has 0 nitrogen and oxygen atoms in total. The number of rotatable bonds is 3. The lowest BCUT2D eigenvalue weighted by Gasteiger charge is -1.96. The van der Waals surface area contributed by atoms with Crippen LogP contribution >= 0.6 is 11.6 Å². The number of alkyl halides is 1. The third kappa shape index (κ3) is 6.16. The molecule has 0 aliphatic heterocycles. The molecule has 0 aliphatic rings. The Morgan fingerprint density at radius 1 is 1.50 bits per heavy atom. The predicted molar refractivity (Wildman–Crippen MR) is 39.1 cm³/mol. The Morgan fingerprint density at radius 3 is 2.12 bits per heavy atom. The third-order valence-electron chi connectivity index (χ3n) is 1.04. The van der Waals surface area contributed by atoms with E-state index in [0.717, 1.165) is 6.42 Å². The van der Waals surface area contributed by atoms with Gasteiger partial charge in [-0.3, -0.25) is 0 Å². The molecule has 0 saturated carbocycles. The van der Waals surface area contributed by atoms with Crippen LogP contribution in [0, 0.1) is 5.92 Å². The largest absolute Gasteiger partial charge is 0.123 e. The molecule has 0 fully saturated rings. The van der Waals surface area contributed by atoms with Gasteiger partial charge in [-0.15, -0.1) is 11.6 Å². The van der Waals surface area contributed by atoms with Crippen molar-refractivity contribution in [3.8, 4) is 0 Å². The van der Waals surface area contributed by atoms with Gasteiger partial charge < -0.3 is 0 Å². The van der Waals surface area contributed by atoms with Crippen molar-refractivity contribution < 1.29 is 0 Å². The zero-order valence-electron chi connectivity index (χ0n) is 5.87. The monoisotopic (exact) mass is 133 g/mol. The second-order valence-electron chi connectivity index (χ2n) is 2.53. The molecule has 1 heteroatoms. The van der Waals surface area contributed by atoms with Crippen molar-refractivity contribution in [1.29, 1.82) is 0 Å². The second-order valence-corrected chi connectivity index (χ2v) is 3.27. The fourth-order valence-electron chi connectivity index (χ4n) is 0.488. The molecule has 0 aromatic heterocycles. The maximum absolute atomic E-state index is 5.71. The lowest BCUT2D eigenvalue weighted by Crippen LogP contribution is -1.93. The molecule has 0 saturated heterocycles. The summed E-state index contributed by atoms with van der Waals surface area (Å²) in [6.07, 6.45) is 2.29. The van der Waals surface area contributed by atoms with Crippen molar-refractivity contribution in [2.24, 2.45) is 0 Å². The average molecular weight is 134 g/mol. The normalized spacial score (nSPS) is 13.5. The van der Waals surface area contributed by atoms with Crippen molar-refractivity contribution >= 4 is 11.6 Å². The molecular weight excluding hydrogens is 120 g/mol. The first kappa shape index (κ1) is 8.16. The van der Waals surface area contributed by atoms with Gasteiger partial charge in [0.1, 0.15) is 0 Å². The Labute approximate surface area is 57.2 Å². The van der Waals surface area contributed by atoms with Gasteiger partial charge in [0.25, 0.3) is 0 Å². The molecule has 0 bridgehead atoms. The maximum Gasteiger partial charge on any atom is 0.0908 e. The highest BCUT2D eigenvalue weighted by Gasteiger charge is 2.05. The van der Waals surface area contributed by atoms with Crippen LogP contribution in [0.15, 0.2) is 0 Å². The van der Waals surface area contributed by atoms with Crippen LogP contribution in [0.3, 0.4) is 0 Å². The summed E-state index contributed by atoms with van der Waals surface area (Å²) in [4.78, 5) is 0. The van der Waals surface area contributed by atoms with E-state index >= 15 is 0 Å². The highest BCUT2D eigenvalue weighted by Crippen LogP contribution is 2.11. The molecule has 0 aromatic rings. The van der Waals surface area contributed by atoms with Crippen molar-refractivity contribution in [2.45, 2.75) is 39.0 Å². The number of hydrogen-bond donors (Lipinski definition) is 0. The molecule has 48 valence electrons. The van der Waals surface area contributed by atoms with Crippen LogP contribution in [0.2, 0.25) is 0 Å². The highest BCUT2D eigenvalue weighted by molar-refractivity contribution is 6.20. The minimum absolute atomic E-state index is 0.338. The molecule has 1 unspecified atom stereocenters. The predicted octanol–water partition coefficient (Wildman–Crippen LogP) is 3.01. The van der Waals surface area contributed by atoms with Crippen LogP contribution in [0.1, 0.15) is 33.6 Å². The van der Waals surface area contributed by atoms with E-state index in [4.69, 9.17) is 11.6 Å².